The topological polar surface area (TPSA) is 74.7 Å². The predicted molar refractivity (Wildman–Crippen MR) is 56.6 cm³/mol. The molecular formula is C11H15NO4. The van der Waals surface area contributed by atoms with Crippen molar-refractivity contribution in [3.05, 3.63) is 12.7 Å². The van der Waals surface area contributed by atoms with Gasteiger partial charge in [0.25, 0.3) is 0 Å². The first-order valence-electron chi connectivity index (χ1n) is 5.26. The number of carboxylic acids is 1. The second-order valence-electron chi connectivity index (χ2n) is 3.74. The molecule has 1 saturated heterocycles. The first-order valence-corrected chi connectivity index (χ1v) is 5.26. The largest absolute Gasteiger partial charge is 0.480 e. The number of rotatable bonds is 4. The van der Waals surface area contributed by atoms with Crippen molar-refractivity contribution >= 4 is 17.8 Å². The lowest BCUT2D eigenvalue weighted by molar-refractivity contribution is -0.157. The molecule has 5 heteroatoms. The van der Waals surface area contributed by atoms with E-state index < -0.39 is 23.8 Å². The van der Waals surface area contributed by atoms with Gasteiger partial charge in [-0.1, -0.05) is 6.08 Å². The van der Waals surface area contributed by atoms with Crippen LogP contribution in [0, 0.1) is 0 Å². The monoisotopic (exact) mass is 225 g/mol. The highest BCUT2D eigenvalue weighted by molar-refractivity contribution is 5.99. The molecule has 2 amide bonds. The Hall–Kier alpha value is -1.65. The normalized spacial score (nSPS) is 19.1. The van der Waals surface area contributed by atoms with Gasteiger partial charge in [0.1, 0.15) is 6.04 Å². The minimum atomic E-state index is -1.16. The SMILES string of the molecule is C=CCC(C(=O)O)N1C(=O)CCCCC1=O. The molecule has 0 aromatic heterocycles. The second kappa shape index (κ2) is 5.44. The minimum Gasteiger partial charge on any atom is -0.480 e. The van der Waals surface area contributed by atoms with Crippen LogP contribution in [0.1, 0.15) is 32.1 Å². The van der Waals surface area contributed by atoms with Gasteiger partial charge in [-0.25, -0.2) is 4.79 Å². The lowest BCUT2D eigenvalue weighted by atomic mass is 10.1. The Morgan fingerprint density at radius 1 is 1.38 bits per heavy atom. The van der Waals surface area contributed by atoms with Gasteiger partial charge < -0.3 is 5.11 Å². The third-order valence-corrected chi connectivity index (χ3v) is 2.56. The molecule has 1 aliphatic heterocycles. The number of imide groups is 1. The summed E-state index contributed by atoms with van der Waals surface area (Å²) >= 11 is 0. The van der Waals surface area contributed by atoms with Crippen LogP contribution in [0.25, 0.3) is 0 Å². The Labute approximate surface area is 93.7 Å². The summed E-state index contributed by atoms with van der Waals surface area (Å²) in [5.41, 5.74) is 0. The van der Waals surface area contributed by atoms with Crippen molar-refractivity contribution in [2.24, 2.45) is 0 Å². The van der Waals surface area contributed by atoms with Crippen LogP contribution in [0.3, 0.4) is 0 Å². The van der Waals surface area contributed by atoms with Crippen molar-refractivity contribution in [1.82, 2.24) is 4.90 Å². The summed E-state index contributed by atoms with van der Waals surface area (Å²) in [4.78, 5) is 35.2. The van der Waals surface area contributed by atoms with Gasteiger partial charge in [0.2, 0.25) is 11.8 Å². The average Bonchev–Trinajstić information content (AvgIpc) is 2.37. The Morgan fingerprint density at radius 2 is 1.88 bits per heavy atom. The van der Waals surface area contributed by atoms with Crippen LogP contribution in [-0.4, -0.2) is 33.8 Å². The smallest absolute Gasteiger partial charge is 0.327 e. The van der Waals surface area contributed by atoms with Crippen molar-refractivity contribution in [1.29, 1.82) is 0 Å². The lowest BCUT2D eigenvalue weighted by Crippen LogP contribution is -2.47. The van der Waals surface area contributed by atoms with E-state index in [1.54, 1.807) is 0 Å². The van der Waals surface area contributed by atoms with Crippen molar-refractivity contribution in [3.63, 3.8) is 0 Å². The van der Waals surface area contributed by atoms with Crippen LogP contribution in [0.2, 0.25) is 0 Å². The van der Waals surface area contributed by atoms with E-state index in [-0.39, 0.29) is 19.3 Å². The summed E-state index contributed by atoms with van der Waals surface area (Å²) in [6.07, 6.45) is 3.26. The zero-order valence-electron chi connectivity index (χ0n) is 9.02. The standard InChI is InChI=1S/C11H15NO4/c1-2-5-8(11(15)16)12-9(13)6-3-4-7-10(12)14/h2,8H,1,3-7H2,(H,15,16). The third-order valence-electron chi connectivity index (χ3n) is 2.56. The molecule has 1 rings (SSSR count). The van der Waals surface area contributed by atoms with Gasteiger partial charge in [0.15, 0.2) is 0 Å². The molecule has 0 aliphatic carbocycles. The van der Waals surface area contributed by atoms with E-state index in [2.05, 4.69) is 6.58 Å². The predicted octanol–water partition coefficient (Wildman–Crippen LogP) is 0.945. The van der Waals surface area contributed by atoms with E-state index in [4.69, 9.17) is 5.11 Å². The van der Waals surface area contributed by atoms with Crippen molar-refractivity contribution in [2.75, 3.05) is 0 Å². The maximum Gasteiger partial charge on any atom is 0.327 e. The molecule has 1 N–H and O–H groups in total. The van der Waals surface area contributed by atoms with E-state index in [0.29, 0.717) is 12.8 Å². The number of likely N-dealkylation sites (tertiary alicyclic amines) is 1. The molecule has 88 valence electrons. The number of nitrogens with zero attached hydrogens (tertiary/aromatic N) is 1. The molecule has 1 aliphatic rings. The zero-order chi connectivity index (χ0) is 12.1. The van der Waals surface area contributed by atoms with E-state index in [9.17, 15) is 14.4 Å². The first-order chi connectivity index (χ1) is 7.57. The summed E-state index contributed by atoms with van der Waals surface area (Å²) < 4.78 is 0. The summed E-state index contributed by atoms with van der Waals surface area (Å²) in [5, 5.41) is 8.99. The number of carbonyl (C=O) groups excluding carboxylic acids is 2. The fraction of sp³-hybridized carbons (Fsp3) is 0.545. The molecule has 5 nitrogen and oxygen atoms in total. The van der Waals surface area contributed by atoms with Gasteiger partial charge in [-0.15, -0.1) is 6.58 Å². The number of amides is 2. The van der Waals surface area contributed by atoms with Gasteiger partial charge in [-0.3, -0.25) is 14.5 Å². The van der Waals surface area contributed by atoms with Gasteiger partial charge >= 0.3 is 5.97 Å². The van der Waals surface area contributed by atoms with Crippen LogP contribution in [-0.2, 0) is 14.4 Å². The number of carboxylic acid groups (broad SMARTS) is 1. The molecule has 16 heavy (non-hydrogen) atoms. The summed E-state index contributed by atoms with van der Waals surface area (Å²) in [7, 11) is 0. The molecule has 1 atom stereocenters. The zero-order valence-corrected chi connectivity index (χ0v) is 9.02. The van der Waals surface area contributed by atoms with E-state index in [1.165, 1.54) is 6.08 Å². The Kier molecular flexibility index (Phi) is 4.22. The molecule has 0 spiro atoms. The molecule has 0 aromatic rings. The number of aliphatic carboxylic acids is 1. The van der Waals surface area contributed by atoms with Gasteiger partial charge in [0, 0.05) is 12.8 Å². The number of carbonyl (C=O) groups is 3. The molecule has 0 radical (unpaired) electrons. The second-order valence-corrected chi connectivity index (χ2v) is 3.74. The average molecular weight is 225 g/mol. The van der Waals surface area contributed by atoms with E-state index in [1.807, 2.05) is 0 Å². The maximum atomic E-state index is 11.7. The van der Waals surface area contributed by atoms with Gasteiger partial charge in [-0.2, -0.15) is 0 Å². The third kappa shape index (κ3) is 2.68. The summed E-state index contributed by atoms with van der Waals surface area (Å²) in [6, 6.07) is -1.10. The fourth-order valence-corrected chi connectivity index (χ4v) is 1.75. The van der Waals surface area contributed by atoms with E-state index >= 15 is 0 Å². The van der Waals surface area contributed by atoms with Gasteiger partial charge in [-0.05, 0) is 19.3 Å². The van der Waals surface area contributed by atoms with Crippen molar-refractivity contribution < 1.29 is 19.5 Å². The highest BCUT2D eigenvalue weighted by Crippen LogP contribution is 2.17. The molecule has 1 fully saturated rings. The van der Waals surface area contributed by atoms with Crippen LogP contribution in [0.5, 0.6) is 0 Å². The van der Waals surface area contributed by atoms with Crippen LogP contribution in [0.4, 0.5) is 0 Å². The van der Waals surface area contributed by atoms with Crippen LogP contribution >= 0.6 is 0 Å². The summed E-state index contributed by atoms with van der Waals surface area (Å²) in [6.45, 7) is 3.44. The Balaban J connectivity index is 2.93. The molecule has 1 unspecified atom stereocenters. The van der Waals surface area contributed by atoms with Crippen LogP contribution < -0.4 is 0 Å². The molecule has 0 aromatic carbocycles. The van der Waals surface area contributed by atoms with Crippen molar-refractivity contribution in [3.8, 4) is 0 Å². The first kappa shape index (κ1) is 12.4. The van der Waals surface area contributed by atoms with Crippen molar-refractivity contribution in [2.45, 2.75) is 38.1 Å². The molecule has 0 bridgehead atoms. The number of hydrogen-bond acceptors (Lipinski definition) is 3. The van der Waals surface area contributed by atoms with Gasteiger partial charge in [0.05, 0.1) is 0 Å². The highest BCUT2D eigenvalue weighted by Gasteiger charge is 2.34. The quantitative estimate of drug-likeness (QED) is 0.571. The Bertz CT molecular complexity index is 306. The number of hydrogen-bond donors (Lipinski definition) is 1. The molecule has 1 heterocycles. The highest BCUT2D eigenvalue weighted by atomic mass is 16.4. The molecule has 0 saturated carbocycles. The molecular weight excluding hydrogens is 210 g/mol. The Morgan fingerprint density at radius 3 is 2.25 bits per heavy atom. The maximum absolute atomic E-state index is 11.7. The fourth-order valence-electron chi connectivity index (χ4n) is 1.75. The van der Waals surface area contributed by atoms with Crippen LogP contribution in [0.15, 0.2) is 12.7 Å². The minimum absolute atomic E-state index is 0.0901. The lowest BCUT2D eigenvalue weighted by Gasteiger charge is -2.24. The van der Waals surface area contributed by atoms with E-state index in [0.717, 1.165) is 4.90 Å². The summed E-state index contributed by atoms with van der Waals surface area (Å²) in [5.74, 6) is -1.95.